The molecular weight excluding hydrogens is 392 g/mol. The van der Waals surface area contributed by atoms with E-state index in [2.05, 4.69) is 9.83 Å². The second-order valence-electron chi connectivity index (χ2n) is 7.77. The number of aromatic hydroxyl groups is 1. The van der Waals surface area contributed by atoms with Gasteiger partial charge in [0.15, 0.2) is 11.4 Å². The van der Waals surface area contributed by atoms with E-state index in [-0.39, 0.29) is 17.6 Å². The zero-order valence-electron chi connectivity index (χ0n) is 17.4. The molecule has 0 radical (unpaired) electrons. The molecule has 2 heterocycles. The molecule has 0 unspecified atom stereocenters. The van der Waals surface area contributed by atoms with Gasteiger partial charge >= 0.3 is 5.56 Å². The van der Waals surface area contributed by atoms with Gasteiger partial charge in [-0.2, -0.15) is 4.98 Å². The molecule has 0 fully saturated rings. The molecule has 0 saturated carbocycles. The molecule has 1 aromatic heterocycles. The summed E-state index contributed by atoms with van der Waals surface area (Å²) in [7, 11) is 0. The van der Waals surface area contributed by atoms with Crippen molar-refractivity contribution in [2.75, 3.05) is 6.54 Å². The SMILES string of the molecule is [C-]#[N+]c1ccc(-c2ccccc2Cc2nc(=O)c(O)c3n2CCN(C(C)C)C3=O)cc1. The van der Waals surface area contributed by atoms with Crippen LogP contribution in [0.25, 0.3) is 16.0 Å². The lowest BCUT2D eigenvalue weighted by Gasteiger charge is -2.34. The summed E-state index contributed by atoms with van der Waals surface area (Å²) in [6, 6.07) is 15.0. The van der Waals surface area contributed by atoms with Crippen molar-refractivity contribution in [3.05, 3.63) is 87.4 Å². The third kappa shape index (κ3) is 3.68. The van der Waals surface area contributed by atoms with E-state index in [1.807, 2.05) is 50.2 Å². The topological polar surface area (TPSA) is 79.8 Å². The molecule has 0 saturated heterocycles. The Balaban J connectivity index is 1.79. The van der Waals surface area contributed by atoms with Gasteiger partial charge < -0.3 is 14.6 Å². The largest absolute Gasteiger partial charge is 0.501 e. The minimum atomic E-state index is -0.793. The maximum atomic E-state index is 12.9. The molecule has 1 amide bonds. The number of aromatic nitrogens is 2. The van der Waals surface area contributed by atoms with Crippen LogP contribution < -0.4 is 5.56 Å². The van der Waals surface area contributed by atoms with E-state index in [0.29, 0.717) is 31.0 Å². The Morgan fingerprint density at radius 3 is 2.48 bits per heavy atom. The van der Waals surface area contributed by atoms with Crippen LogP contribution in [-0.2, 0) is 13.0 Å². The summed E-state index contributed by atoms with van der Waals surface area (Å²) in [6.45, 7) is 11.9. The molecule has 0 spiro atoms. The van der Waals surface area contributed by atoms with E-state index in [4.69, 9.17) is 6.57 Å². The summed E-state index contributed by atoms with van der Waals surface area (Å²) in [5.74, 6) is -0.510. The highest BCUT2D eigenvalue weighted by atomic mass is 16.3. The molecule has 1 aliphatic heterocycles. The van der Waals surface area contributed by atoms with Crippen LogP contribution in [0, 0.1) is 6.57 Å². The van der Waals surface area contributed by atoms with Crippen molar-refractivity contribution < 1.29 is 9.90 Å². The molecule has 1 aliphatic rings. The summed E-state index contributed by atoms with van der Waals surface area (Å²) in [6.07, 6.45) is 0.332. The zero-order valence-corrected chi connectivity index (χ0v) is 17.4. The molecule has 3 aromatic rings. The van der Waals surface area contributed by atoms with Crippen LogP contribution in [0.15, 0.2) is 53.3 Å². The predicted molar refractivity (Wildman–Crippen MR) is 117 cm³/mol. The summed E-state index contributed by atoms with van der Waals surface area (Å²) >= 11 is 0. The van der Waals surface area contributed by atoms with Gasteiger partial charge in [0, 0.05) is 25.6 Å². The minimum absolute atomic E-state index is 0.00819. The van der Waals surface area contributed by atoms with Gasteiger partial charge in [-0.25, -0.2) is 4.85 Å². The van der Waals surface area contributed by atoms with Crippen molar-refractivity contribution >= 4 is 11.6 Å². The van der Waals surface area contributed by atoms with Gasteiger partial charge in [-0.05, 0) is 30.5 Å². The molecule has 156 valence electrons. The van der Waals surface area contributed by atoms with Crippen molar-refractivity contribution in [2.45, 2.75) is 32.9 Å². The molecular formula is C24H22N4O3. The summed E-state index contributed by atoms with van der Waals surface area (Å²) in [5, 5.41) is 10.3. The maximum absolute atomic E-state index is 12.9. The number of amides is 1. The number of hydrogen-bond acceptors (Lipinski definition) is 4. The van der Waals surface area contributed by atoms with Gasteiger partial charge in [0.25, 0.3) is 5.91 Å². The number of rotatable bonds is 4. The van der Waals surface area contributed by atoms with Crippen LogP contribution in [0.2, 0.25) is 0 Å². The van der Waals surface area contributed by atoms with Gasteiger partial charge in [0.1, 0.15) is 5.82 Å². The van der Waals surface area contributed by atoms with Gasteiger partial charge in [-0.3, -0.25) is 9.59 Å². The van der Waals surface area contributed by atoms with Crippen LogP contribution in [0.5, 0.6) is 5.75 Å². The summed E-state index contributed by atoms with van der Waals surface area (Å²) in [4.78, 5) is 34.5. The molecule has 1 N–H and O–H groups in total. The van der Waals surface area contributed by atoms with E-state index in [1.165, 1.54) is 0 Å². The highest BCUT2D eigenvalue weighted by Gasteiger charge is 2.32. The van der Waals surface area contributed by atoms with Gasteiger partial charge in [0.05, 0.1) is 6.57 Å². The Morgan fingerprint density at radius 2 is 1.81 bits per heavy atom. The van der Waals surface area contributed by atoms with Crippen LogP contribution in [0.1, 0.15) is 35.7 Å². The number of carbonyl (C=O) groups excluding carboxylic acids is 1. The lowest BCUT2D eigenvalue weighted by Crippen LogP contribution is -2.46. The molecule has 0 aliphatic carbocycles. The van der Waals surface area contributed by atoms with Crippen molar-refractivity contribution in [1.29, 1.82) is 0 Å². The Kier molecular flexibility index (Phi) is 5.30. The third-order valence-electron chi connectivity index (χ3n) is 5.56. The first-order valence-corrected chi connectivity index (χ1v) is 10.1. The average Bonchev–Trinajstić information content (AvgIpc) is 2.77. The van der Waals surface area contributed by atoms with E-state index < -0.39 is 11.3 Å². The normalized spacial score (nSPS) is 13.2. The molecule has 0 atom stereocenters. The predicted octanol–water partition coefficient (Wildman–Crippen LogP) is 3.62. The molecule has 2 aromatic carbocycles. The summed E-state index contributed by atoms with van der Waals surface area (Å²) in [5.41, 5.74) is 2.62. The standard InChI is InChI=1S/C24H22N4O3/c1-15(2)27-12-13-28-20(26-23(30)22(29)21(28)24(27)31)14-17-6-4-5-7-19(17)16-8-10-18(25-3)11-9-16/h4-11,15,29H,12-14H2,1-2H3. The van der Waals surface area contributed by atoms with Crippen molar-refractivity contribution in [3.8, 4) is 16.9 Å². The van der Waals surface area contributed by atoms with E-state index in [0.717, 1.165) is 16.7 Å². The third-order valence-corrected chi connectivity index (χ3v) is 5.56. The average molecular weight is 414 g/mol. The Bertz CT molecular complexity index is 1250. The Labute approximate surface area is 180 Å². The van der Waals surface area contributed by atoms with Crippen molar-refractivity contribution in [1.82, 2.24) is 14.5 Å². The number of carbonyl (C=O) groups is 1. The van der Waals surface area contributed by atoms with Crippen LogP contribution in [0.4, 0.5) is 5.69 Å². The number of nitrogens with zero attached hydrogens (tertiary/aromatic N) is 4. The van der Waals surface area contributed by atoms with Crippen molar-refractivity contribution in [2.24, 2.45) is 0 Å². The molecule has 31 heavy (non-hydrogen) atoms. The highest BCUT2D eigenvalue weighted by Crippen LogP contribution is 2.29. The lowest BCUT2D eigenvalue weighted by atomic mass is 9.97. The molecule has 4 rings (SSSR count). The zero-order chi connectivity index (χ0) is 22.1. The number of fused-ring (bicyclic) bond motifs is 1. The molecule has 7 heteroatoms. The lowest BCUT2D eigenvalue weighted by molar-refractivity contribution is 0.0638. The highest BCUT2D eigenvalue weighted by molar-refractivity contribution is 5.96. The quantitative estimate of drug-likeness (QED) is 0.662. The first kappa shape index (κ1) is 20.4. The monoisotopic (exact) mass is 414 g/mol. The Morgan fingerprint density at radius 1 is 1.10 bits per heavy atom. The minimum Gasteiger partial charge on any atom is -0.501 e. The first-order chi connectivity index (χ1) is 14.9. The van der Waals surface area contributed by atoms with E-state index >= 15 is 0 Å². The second-order valence-corrected chi connectivity index (χ2v) is 7.77. The van der Waals surface area contributed by atoms with Crippen LogP contribution >= 0.6 is 0 Å². The van der Waals surface area contributed by atoms with Crippen molar-refractivity contribution in [3.63, 3.8) is 0 Å². The fourth-order valence-electron chi connectivity index (χ4n) is 3.96. The molecule has 7 nitrogen and oxygen atoms in total. The number of hydrogen-bond donors (Lipinski definition) is 1. The summed E-state index contributed by atoms with van der Waals surface area (Å²) < 4.78 is 1.66. The fourth-order valence-corrected chi connectivity index (χ4v) is 3.96. The van der Waals surface area contributed by atoms with E-state index in [1.54, 1.807) is 21.6 Å². The smallest absolute Gasteiger partial charge is 0.315 e. The van der Waals surface area contributed by atoms with Crippen LogP contribution in [0.3, 0.4) is 0 Å². The Hall–Kier alpha value is -3.92. The molecule has 0 bridgehead atoms. The van der Waals surface area contributed by atoms with Crippen LogP contribution in [-0.4, -0.2) is 38.1 Å². The van der Waals surface area contributed by atoms with Gasteiger partial charge in [-0.1, -0.05) is 48.5 Å². The van der Waals surface area contributed by atoms with Gasteiger partial charge in [-0.15, -0.1) is 0 Å². The number of benzene rings is 2. The van der Waals surface area contributed by atoms with E-state index in [9.17, 15) is 14.7 Å². The first-order valence-electron chi connectivity index (χ1n) is 10.1. The van der Waals surface area contributed by atoms with Gasteiger partial charge in [0.2, 0.25) is 5.75 Å². The second kappa shape index (κ2) is 8.07. The fraction of sp³-hybridized carbons (Fsp3) is 0.250. The maximum Gasteiger partial charge on any atom is 0.315 e.